The molecule has 0 nitrogen and oxygen atoms in total. The molecular formula is F12RhSb2-2. The third-order valence-corrected chi connectivity index (χ3v) is 0. The van der Waals surface area contributed by atoms with E-state index in [-0.39, 0.29) is 19.5 Å². The Morgan fingerprint density at radius 2 is 0.333 bits per heavy atom. The Labute approximate surface area is 91.5 Å². The maximum absolute atomic E-state index is 11.2. The zero-order valence-corrected chi connectivity index (χ0v) is 12.5. The molecule has 0 rings (SSSR count). The second kappa shape index (κ2) is 3.25. The molecule has 0 aromatic heterocycles. The summed E-state index contributed by atoms with van der Waals surface area (Å²) in [6.07, 6.45) is 0. The monoisotopic (exact) mass is 573 g/mol. The number of rotatable bonds is 0. The zero-order valence-electron chi connectivity index (χ0n) is 5.76. The predicted octanol–water partition coefficient (Wildman–Crippen LogP) is 4.28. The van der Waals surface area contributed by atoms with Gasteiger partial charge in [0.1, 0.15) is 0 Å². The minimum absolute atomic E-state index is 0. The summed E-state index contributed by atoms with van der Waals surface area (Å²) >= 11 is -22.5. The molecule has 0 amide bonds. The first-order valence-electron chi connectivity index (χ1n) is 2.03. The Morgan fingerprint density at radius 1 is 0.333 bits per heavy atom. The third kappa shape index (κ3) is 1380. The SMILES string of the molecule is [F][Sb-]([F])([F])([F])([F])[F].[F][Sb-]([F])([F])([F])([F])[F].[Rh]. The van der Waals surface area contributed by atoms with Gasteiger partial charge in [-0.25, -0.2) is 0 Å². The van der Waals surface area contributed by atoms with E-state index in [1.54, 1.807) is 0 Å². The van der Waals surface area contributed by atoms with Gasteiger partial charge in [0.15, 0.2) is 0 Å². The van der Waals surface area contributed by atoms with Crippen molar-refractivity contribution in [2.45, 2.75) is 0 Å². The molecule has 15 heavy (non-hydrogen) atoms. The number of halogens is 12. The van der Waals surface area contributed by atoms with Gasteiger partial charge in [-0.2, -0.15) is 0 Å². The molecule has 0 bridgehead atoms. The molecule has 0 saturated carbocycles. The van der Waals surface area contributed by atoms with Crippen molar-refractivity contribution >= 4 is 39.0 Å². The van der Waals surface area contributed by atoms with Gasteiger partial charge in [0.05, 0.1) is 0 Å². The van der Waals surface area contributed by atoms with Crippen LogP contribution < -0.4 is 0 Å². The summed E-state index contributed by atoms with van der Waals surface area (Å²) in [5.74, 6) is 0. The van der Waals surface area contributed by atoms with Crippen LogP contribution in [0.25, 0.3) is 0 Å². The van der Waals surface area contributed by atoms with Gasteiger partial charge in [0, 0.05) is 19.5 Å². The summed E-state index contributed by atoms with van der Waals surface area (Å²) < 4.78 is 119. The maximum atomic E-state index is 9.93. The second-order valence-corrected chi connectivity index (χ2v) is 12.9. The molecule has 0 aliphatic rings. The van der Waals surface area contributed by atoms with E-state index in [1.165, 1.54) is 0 Å². The van der Waals surface area contributed by atoms with Gasteiger partial charge in [-0.3, -0.25) is 0 Å². The van der Waals surface area contributed by atoms with Crippen LogP contribution in [-0.4, -0.2) is 39.0 Å². The van der Waals surface area contributed by atoms with Crippen molar-refractivity contribution in [2.24, 2.45) is 0 Å². The maximum Gasteiger partial charge on any atom is 0 e. The van der Waals surface area contributed by atoms with Crippen molar-refractivity contribution in [1.82, 2.24) is 0 Å². The molecule has 0 aromatic rings. The van der Waals surface area contributed by atoms with Gasteiger partial charge in [0.2, 0.25) is 0 Å². The van der Waals surface area contributed by atoms with Crippen molar-refractivity contribution < 1.29 is 53.2 Å². The minimum atomic E-state index is -11.2. The van der Waals surface area contributed by atoms with Crippen LogP contribution >= 0.6 is 0 Å². The fraction of sp³-hybridized carbons (Fsp3) is 0. The van der Waals surface area contributed by atoms with Gasteiger partial charge in [-0.05, 0) is 0 Å². The van der Waals surface area contributed by atoms with Crippen LogP contribution in [0.4, 0.5) is 33.8 Å². The fourth-order valence-corrected chi connectivity index (χ4v) is 0. The standard InChI is InChI=1S/12FH.Rh.2Sb/h12*1H;;;/q;;;;;;;;;;;;;2*+5/p-12. The Hall–Kier alpha value is 1.42. The average Bonchev–Trinajstić information content (AvgIpc) is 0.938. The smallest absolute Gasteiger partial charge is 0 e. The van der Waals surface area contributed by atoms with Crippen LogP contribution in [0.1, 0.15) is 0 Å². The van der Waals surface area contributed by atoms with Gasteiger partial charge < -0.3 is 0 Å². The quantitative estimate of drug-likeness (QED) is 0.300. The van der Waals surface area contributed by atoms with E-state index < -0.39 is 39.0 Å². The molecule has 0 N–H and O–H groups in total. The van der Waals surface area contributed by atoms with Crippen LogP contribution in [0.15, 0.2) is 0 Å². The molecule has 0 heterocycles. The van der Waals surface area contributed by atoms with Crippen LogP contribution in [0.3, 0.4) is 0 Å². The van der Waals surface area contributed by atoms with Crippen molar-refractivity contribution in [1.29, 1.82) is 0 Å². The molecule has 15 heteroatoms. The summed E-state index contributed by atoms with van der Waals surface area (Å²) in [6, 6.07) is 0. The molecular weight excluding hydrogens is 574 g/mol. The van der Waals surface area contributed by atoms with E-state index in [9.17, 15) is 33.8 Å². The summed E-state index contributed by atoms with van der Waals surface area (Å²) in [5.41, 5.74) is 0. The van der Waals surface area contributed by atoms with E-state index in [4.69, 9.17) is 0 Å². The third-order valence-electron chi connectivity index (χ3n) is 0. The largest absolute Gasteiger partial charge is 0 e. The van der Waals surface area contributed by atoms with Gasteiger partial charge in [0.25, 0.3) is 0 Å². The first kappa shape index (κ1) is 21.7. The van der Waals surface area contributed by atoms with E-state index in [1.807, 2.05) is 0 Å². The Kier molecular flexibility index (Phi) is 4.69. The van der Waals surface area contributed by atoms with Crippen LogP contribution in [0.2, 0.25) is 0 Å². The first-order valence-corrected chi connectivity index (χ1v) is 13.6. The Balaban J connectivity index is -0.000000180. The van der Waals surface area contributed by atoms with Crippen LogP contribution in [0, 0.1) is 0 Å². The summed E-state index contributed by atoms with van der Waals surface area (Å²) in [5, 5.41) is 0. The summed E-state index contributed by atoms with van der Waals surface area (Å²) in [4.78, 5) is 0. The summed E-state index contributed by atoms with van der Waals surface area (Å²) in [6.45, 7) is 0. The molecule has 0 aliphatic heterocycles. The van der Waals surface area contributed by atoms with E-state index in [0.717, 1.165) is 0 Å². The normalized spacial score (nSPS) is 21.6. The van der Waals surface area contributed by atoms with Crippen LogP contribution in [-0.2, 0) is 19.5 Å². The van der Waals surface area contributed by atoms with Gasteiger partial charge in [-0.1, -0.05) is 0 Å². The van der Waals surface area contributed by atoms with Gasteiger partial charge >= 0.3 is 72.7 Å². The molecule has 0 saturated heterocycles. The number of hydrogen-bond donors (Lipinski definition) is 0. The van der Waals surface area contributed by atoms with Crippen molar-refractivity contribution in [3.05, 3.63) is 0 Å². The van der Waals surface area contributed by atoms with E-state index in [0.29, 0.717) is 0 Å². The van der Waals surface area contributed by atoms with Crippen molar-refractivity contribution in [2.75, 3.05) is 0 Å². The minimum Gasteiger partial charge on any atom is 0 e. The molecule has 105 valence electrons. The topological polar surface area (TPSA) is 0 Å². The predicted molar refractivity (Wildman–Crippen MR) is 24.8 cm³/mol. The van der Waals surface area contributed by atoms with Gasteiger partial charge in [-0.15, -0.1) is 0 Å². The second-order valence-electron chi connectivity index (χ2n) is 1.92. The zero-order chi connectivity index (χ0) is 12.8. The molecule has 0 aromatic carbocycles. The molecule has 0 fully saturated rings. The number of hydrogen-bond acceptors (Lipinski definition) is 0. The average molecular weight is 574 g/mol. The molecule has 0 spiro atoms. The molecule has 1 radical (unpaired) electrons. The Bertz CT molecular complexity index is 161. The summed E-state index contributed by atoms with van der Waals surface area (Å²) in [7, 11) is 0. The van der Waals surface area contributed by atoms with E-state index >= 15 is 0 Å². The van der Waals surface area contributed by atoms with Crippen LogP contribution in [0.5, 0.6) is 0 Å². The fourth-order valence-electron chi connectivity index (χ4n) is 0. The molecule has 0 aliphatic carbocycles. The molecule has 0 unspecified atom stereocenters. The van der Waals surface area contributed by atoms with Crippen molar-refractivity contribution in [3.63, 3.8) is 0 Å². The Morgan fingerprint density at radius 3 is 0.333 bits per heavy atom. The van der Waals surface area contributed by atoms with E-state index in [2.05, 4.69) is 0 Å². The molecule has 0 atom stereocenters. The first-order chi connectivity index (χ1) is 4.90. The van der Waals surface area contributed by atoms with Crippen molar-refractivity contribution in [3.8, 4) is 0 Å².